The maximum Gasteiger partial charge on any atom is 0.339 e. The summed E-state index contributed by atoms with van der Waals surface area (Å²) in [5, 5.41) is 30.5. The topological polar surface area (TPSA) is 170 Å². The summed E-state index contributed by atoms with van der Waals surface area (Å²) in [4.78, 5) is 55.3. The van der Waals surface area contributed by atoms with Gasteiger partial charge < -0.3 is 26.0 Å². The molecule has 0 aliphatic carbocycles. The molecule has 0 saturated carbocycles. The first-order valence-corrected chi connectivity index (χ1v) is 6.51. The number of carbonyl (C=O) groups is 5. The molecule has 0 spiro atoms. The van der Waals surface area contributed by atoms with Gasteiger partial charge in [-0.3, -0.25) is 9.59 Å². The molecule has 0 aliphatic heterocycles. The number of anilines is 2. The number of benzene rings is 1. The average molecular weight is 348 g/mol. The lowest BCUT2D eigenvalue weighted by molar-refractivity contribution is -0.132. The number of carbonyl (C=O) groups excluding carboxylic acids is 2. The van der Waals surface area contributed by atoms with Crippen molar-refractivity contribution in [2.45, 2.75) is 0 Å². The van der Waals surface area contributed by atoms with Crippen LogP contribution in [0.4, 0.5) is 11.4 Å². The van der Waals surface area contributed by atoms with Gasteiger partial charge in [0.15, 0.2) is 0 Å². The van der Waals surface area contributed by atoms with Crippen molar-refractivity contribution in [3.05, 3.63) is 48.1 Å². The molecule has 10 heteroatoms. The van der Waals surface area contributed by atoms with E-state index in [4.69, 9.17) is 10.2 Å². The van der Waals surface area contributed by atoms with Crippen molar-refractivity contribution in [2.75, 3.05) is 10.6 Å². The molecule has 0 fully saturated rings. The first-order chi connectivity index (χ1) is 11.7. The Labute approximate surface area is 140 Å². The molecule has 0 saturated heterocycles. The molecule has 0 aromatic heterocycles. The summed E-state index contributed by atoms with van der Waals surface area (Å²) < 4.78 is 0. The number of aliphatic carboxylic acids is 2. The zero-order valence-electron chi connectivity index (χ0n) is 12.4. The summed E-state index contributed by atoms with van der Waals surface area (Å²) in [6.07, 6.45) is 2.51. The smallest absolute Gasteiger partial charge is 0.339 e. The fourth-order valence-electron chi connectivity index (χ4n) is 1.63. The maximum absolute atomic E-state index is 11.6. The molecular formula is C15H12N2O8. The molecule has 0 aliphatic rings. The van der Waals surface area contributed by atoms with E-state index < -0.39 is 35.3 Å². The first-order valence-electron chi connectivity index (χ1n) is 6.51. The van der Waals surface area contributed by atoms with Crippen molar-refractivity contribution in [2.24, 2.45) is 0 Å². The molecule has 25 heavy (non-hydrogen) atoms. The van der Waals surface area contributed by atoms with E-state index in [0.29, 0.717) is 24.3 Å². The van der Waals surface area contributed by atoms with E-state index in [0.717, 1.165) is 0 Å². The van der Waals surface area contributed by atoms with E-state index >= 15 is 0 Å². The summed E-state index contributed by atoms with van der Waals surface area (Å²) in [6.45, 7) is 0. The van der Waals surface area contributed by atoms with Gasteiger partial charge in [-0.15, -0.1) is 0 Å². The Balaban J connectivity index is 3.10. The highest BCUT2D eigenvalue weighted by Gasteiger charge is 2.17. The molecular weight excluding hydrogens is 336 g/mol. The molecule has 10 nitrogen and oxygen atoms in total. The Morgan fingerprint density at radius 3 is 1.44 bits per heavy atom. The van der Waals surface area contributed by atoms with E-state index in [1.807, 2.05) is 0 Å². The molecule has 1 aromatic rings. The third-order valence-electron chi connectivity index (χ3n) is 2.55. The number of rotatable bonds is 7. The highest BCUT2D eigenvalue weighted by Crippen LogP contribution is 2.24. The van der Waals surface area contributed by atoms with Crippen molar-refractivity contribution in [3.63, 3.8) is 0 Å². The monoisotopic (exact) mass is 348 g/mol. The summed E-state index contributed by atoms with van der Waals surface area (Å²) in [7, 11) is 0. The van der Waals surface area contributed by atoms with Gasteiger partial charge in [0, 0.05) is 24.3 Å². The third-order valence-corrected chi connectivity index (χ3v) is 2.55. The standard InChI is InChI=1S/C15H12N2O8/c18-10(4-6-12(20)21)16-8-2-1-3-9(14(8)15(24)25)17-11(19)5-7-13(22)23/h1-7H,(H,16,18)(H,17,19)(H,20,21)(H,22,23)(H,24,25)/b6-4-,7-5?. The second kappa shape index (κ2) is 8.62. The minimum absolute atomic E-state index is 0.187. The Morgan fingerprint density at radius 1 is 0.720 bits per heavy atom. The van der Waals surface area contributed by atoms with Crippen molar-refractivity contribution < 1.29 is 39.3 Å². The van der Waals surface area contributed by atoms with Gasteiger partial charge in [0.1, 0.15) is 5.56 Å². The van der Waals surface area contributed by atoms with Crippen LogP contribution in [-0.2, 0) is 19.2 Å². The zero-order chi connectivity index (χ0) is 19.0. The van der Waals surface area contributed by atoms with Gasteiger partial charge in [-0.1, -0.05) is 6.07 Å². The average Bonchev–Trinajstić information content (AvgIpc) is 2.50. The van der Waals surface area contributed by atoms with Crippen LogP contribution in [0.2, 0.25) is 0 Å². The molecule has 1 rings (SSSR count). The number of nitrogens with one attached hydrogen (secondary N) is 2. The lowest BCUT2D eigenvalue weighted by Crippen LogP contribution is -2.16. The van der Waals surface area contributed by atoms with E-state index in [2.05, 4.69) is 10.6 Å². The lowest BCUT2D eigenvalue weighted by atomic mass is 10.1. The predicted octanol–water partition coefficient (Wildman–Crippen LogP) is 0.543. The quantitative estimate of drug-likeness (QED) is 0.444. The normalized spacial score (nSPS) is 10.6. The Morgan fingerprint density at radius 2 is 1.12 bits per heavy atom. The van der Waals surface area contributed by atoms with Gasteiger partial charge in [0.05, 0.1) is 11.4 Å². The highest BCUT2D eigenvalue weighted by molar-refractivity contribution is 6.11. The molecule has 0 unspecified atom stereocenters. The van der Waals surface area contributed by atoms with Crippen LogP contribution in [0.15, 0.2) is 42.5 Å². The molecule has 130 valence electrons. The number of aromatic carboxylic acids is 1. The second-order valence-electron chi connectivity index (χ2n) is 4.35. The minimum atomic E-state index is -1.48. The van der Waals surface area contributed by atoms with Crippen molar-refractivity contribution in [3.8, 4) is 0 Å². The summed E-state index contributed by atoms with van der Waals surface area (Å²) in [6, 6.07) is 3.80. The predicted molar refractivity (Wildman–Crippen MR) is 84.2 cm³/mol. The number of carboxylic acids is 3. The molecule has 1 aromatic carbocycles. The summed E-state index contributed by atoms with van der Waals surface area (Å²) >= 11 is 0. The van der Waals surface area contributed by atoms with Crippen LogP contribution in [0.3, 0.4) is 0 Å². The number of amides is 2. The minimum Gasteiger partial charge on any atom is -0.478 e. The van der Waals surface area contributed by atoms with E-state index in [1.54, 1.807) is 0 Å². The van der Waals surface area contributed by atoms with Gasteiger partial charge in [-0.05, 0) is 12.1 Å². The SMILES string of the molecule is O=C(O)C=CC(=O)Nc1cccc(NC(=O)/C=C\C(=O)O)c1C(=O)O. The van der Waals surface area contributed by atoms with Gasteiger partial charge in [0.2, 0.25) is 11.8 Å². The fraction of sp³-hybridized carbons (Fsp3) is 0. The van der Waals surface area contributed by atoms with Crippen LogP contribution >= 0.6 is 0 Å². The van der Waals surface area contributed by atoms with Gasteiger partial charge >= 0.3 is 17.9 Å². The first kappa shape index (κ1) is 19.1. The molecule has 5 N–H and O–H groups in total. The Bertz CT molecular complexity index is 738. The summed E-state index contributed by atoms with van der Waals surface area (Å²) in [5.41, 5.74) is -0.836. The van der Waals surface area contributed by atoms with Crippen molar-refractivity contribution in [1.82, 2.24) is 0 Å². The Kier molecular flexibility index (Phi) is 6.59. The van der Waals surface area contributed by atoms with Crippen LogP contribution in [0.5, 0.6) is 0 Å². The van der Waals surface area contributed by atoms with Gasteiger partial charge in [0.25, 0.3) is 0 Å². The van der Waals surface area contributed by atoms with Crippen LogP contribution in [-0.4, -0.2) is 45.0 Å². The van der Waals surface area contributed by atoms with Crippen LogP contribution in [0.25, 0.3) is 0 Å². The molecule has 0 atom stereocenters. The number of hydrogen-bond donors (Lipinski definition) is 5. The lowest BCUT2D eigenvalue weighted by Gasteiger charge is -2.12. The third kappa shape index (κ3) is 6.36. The highest BCUT2D eigenvalue weighted by atomic mass is 16.4. The molecule has 2 amide bonds. The van der Waals surface area contributed by atoms with E-state index in [-0.39, 0.29) is 11.4 Å². The molecule has 0 heterocycles. The van der Waals surface area contributed by atoms with Crippen LogP contribution in [0, 0.1) is 0 Å². The van der Waals surface area contributed by atoms with Crippen LogP contribution < -0.4 is 10.6 Å². The van der Waals surface area contributed by atoms with Crippen molar-refractivity contribution in [1.29, 1.82) is 0 Å². The summed E-state index contributed by atoms with van der Waals surface area (Å²) in [5.74, 6) is -5.98. The Hall–Kier alpha value is -3.95. The van der Waals surface area contributed by atoms with E-state index in [9.17, 15) is 29.1 Å². The van der Waals surface area contributed by atoms with Gasteiger partial charge in [-0.25, -0.2) is 14.4 Å². The van der Waals surface area contributed by atoms with Crippen molar-refractivity contribution >= 4 is 41.1 Å². The molecule has 0 radical (unpaired) electrons. The second-order valence-corrected chi connectivity index (χ2v) is 4.35. The number of hydrogen-bond acceptors (Lipinski definition) is 5. The van der Waals surface area contributed by atoms with E-state index in [1.165, 1.54) is 18.2 Å². The van der Waals surface area contributed by atoms with Gasteiger partial charge in [-0.2, -0.15) is 0 Å². The largest absolute Gasteiger partial charge is 0.478 e. The molecule has 0 bridgehead atoms. The maximum atomic E-state index is 11.6. The van der Waals surface area contributed by atoms with Crippen LogP contribution in [0.1, 0.15) is 10.4 Å². The zero-order valence-corrected chi connectivity index (χ0v) is 12.4. The number of carboxylic acid groups (broad SMARTS) is 3. The fourth-order valence-corrected chi connectivity index (χ4v) is 1.63.